The molecule has 124 valence electrons. The maximum atomic E-state index is 13.4. The number of rotatable bonds is 4. The number of nitrogens with zero attached hydrogens (tertiary/aromatic N) is 3. The van der Waals surface area contributed by atoms with Crippen molar-refractivity contribution in [3.8, 4) is 5.69 Å². The number of hydrogen-bond donors (Lipinski definition) is 1. The number of benzene rings is 2. The minimum absolute atomic E-state index is 0.158. The van der Waals surface area contributed by atoms with E-state index in [1.165, 1.54) is 23.9 Å². The smallest absolute Gasteiger partial charge is 0.258 e. The van der Waals surface area contributed by atoms with Crippen molar-refractivity contribution in [2.75, 3.05) is 0 Å². The van der Waals surface area contributed by atoms with Crippen LogP contribution in [0.25, 0.3) is 16.6 Å². The molecule has 0 aliphatic heterocycles. The lowest BCUT2D eigenvalue weighted by Crippen LogP contribution is -2.11. The predicted octanol–water partition coefficient (Wildman–Crippen LogP) is 3.54. The second-order valence-corrected chi connectivity index (χ2v) is 6.32. The van der Waals surface area contributed by atoms with Crippen molar-refractivity contribution in [1.29, 1.82) is 0 Å². The highest BCUT2D eigenvalue weighted by molar-refractivity contribution is 7.98. The molecule has 0 atom stereocenters. The van der Waals surface area contributed by atoms with Gasteiger partial charge in [0.05, 0.1) is 22.3 Å². The van der Waals surface area contributed by atoms with Crippen LogP contribution >= 0.6 is 11.8 Å². The van der Waals surface area contributed by atoms with Crippen LogP contribution in [0.3, 0.4) is 0 Å². The molecule has 0 bridgehead atoms. The fourth-order valence-corrected chi connectivity index (χ4v) is 3.40. The van der Waals surface area contributed by atoms with Gasteiger partial charge in [-0.1, -0.05) is 30.0 Å². The quantitative estimate of drug-likeness (QED) is 0.571. The standard InChI is InChI=1S/C18H13FN4OS/c19-12-4-3-5-13(10-12)23-9-8-20-18(23)25-11-16-21-15-7-2-1-6-14(15)17(24)22-16/h1-10H,11H2,(H,21,22,24). The van der Waals surface area contributed by atoms with Crippen molar-refractivity contribution in [1.82, 2.24) is 19.5 Å². The van der Waals surface area contributed by atoms with Crippen LogP contribution in [-0.2, 0) is 5.75 Å². The first-order chi connectivity index (χ1) is 12.2. The van der Waals surface area contributed by atoms with E-state index < -0.39 is 0 Å². The van der Waals surface area contributed by atoms with E-state index in [-0.39, 0.29) is 11.4 Å². The average Bonchev–Trinajstić information content (AvgIpc) is 3.09. The lowest BCUT2D eigenvalue weighted by molar-refractivity contribution is 0.626. The van der Waals surface area contributed by atoms with Gasteiger partial charge in [-0.15, -0.1) is 0 Å². The Balaban J connectivity index is 1.61. The number of imidazole rings is 1. The Hall–Kier alpha value is -2.93. The molecule has 2 heterocycles. The van der Waals surface area contributed by atoms with Crippen molar-refractivity contribution in [3.63, 3.8) is 0 Å². The molecule has 4 aromatic rings. The summed E-state index contributed by atoms with van der Waals surface area (Å²) in [5.41, 5.74) is 1.20. The summed E-state index contributed by atoms with van der Waals surface area (Å²) in [4.78, 5) is 23.7. The first-order valence-electron chi connectivity index (χ1n) is 7.61. The third-order valence-corrected chi connectivity index (χ3v) is 4.67. The van der Waals surface area contributed by atoms with E-state index in [4.69, 9.17) is 0 Å². The van der Waals surface area contributed by atoms with E-state index in [0.717, 1.165) is 0 Å². The molecule has 0 spiro atoms. The van der Waals surface area contributed by atoms with E-state index >= 15 is 0 Å². The van der Waals surface area contributed by atoms with Gasteiger partial charge in [0.25, 0.3) is 5.56 Å². The summed E-state index contributed by atoms with van der Waals surface area (Å²) in [7, 11) is 0. The Kier molecular flexibility index (Phi) is 4.07. The second-order valence-electron chi connectivity index (χ2n) is 5.38. The van der Waals surface area contributed by atoms with E-state index in [2.05, 4.69) is 15.0 Å². The lowest BCUT2D eigenvalue weighted by Gasteiger charge is -2.07. The largest absolute Gasteiger partial charge is 0.309 e. The summed E-state index contributed by atoms with van der Waals surface area (Å²) in [5.74, 6) is 0.719. The maximum Gasteiger partial charge on any atom is 0.258 e. The lowest BCUT2D eigenvalue weighted by atomic mass is 10.2. The van der Waals surface area contributed by atoms with Gasteiger partial charge in [-0.05, 0) is 30.3 Å². The molecule has 0 saturated heterocycles. The Morgan fingerprint density at radius 1 is 1.16 bits per heavy atom. The van der Waals surface area contributed by atoms with Gasteiger partial charge >= 0.3 is 0 Å². The monoisotopic (exact) mass is 352 g/mol. The van der Waals surface area contributed by atoms with Crippen LogP contribution in [-0.4, -0.2) is 19.5 Å². The maximum absolute atomic E-state index is 13.4. The molecule has 0 amide bonds. The van der Waals surface area contributed by atoms with Gasteiger partial charge in [-0.3, -0.25) is 9.36 Å². The first kappa shape index (κ1) is 15.6. The number of fused-ring (bicyclic) bond motifs is 1. The minimum atomic E-state index is -0.303. The SMILES string of the molecule is O=c1[nH]c(CSc2nccn2-c2cccc(F)c2)nc2ccccc12. The van der Waals surface area contributed by atoms with Crippen LogP contribution in [0, 0.1) is 5.82 Å². The van der Waals surface area contributed by atoms with E-state index in [0.29, 0.717) is 33.3 Å². The molecule has 2 aromatic heterocycles. The van der Waals surface area contributed by atoms with Gasteiger partial charge in [-0.25, -0.2) is 14.4 Å². The van der Waals surface area contributed by atoms with Gasteiger partial charge in [0.15, 0.2) is 5.16 Å². The third kappa shape index (κ3) is 3.18. The van der Waals surface area contributed by atoms with Crippen LogP contribution in [0.15, 0.2) is 70.9 Å². The Morgan fingerprint density at radius 2 is 2.04 bits per heavy atom. The Bertz CT molecular complexity index is 1110. The average molecular weight is 352 g/mol. The zero-order valence-electron chi connectivity index (χ0n) is 13.0. The highest BCUT2D eigenvalue weighted by Gasteiger charge is 2.09. The Labute approximate surface area is 146 Å². The molecule has 7 heteroatoms. The first-order valence-corrected chi connectivity index (χ1v) is 8.59. The van der Waals surface area contributed by atoms with Gasteiger partial charge in [-0.2, -0.15) is 0 Å². The summed E-state index contributed by atoms with van der Waals surface area (Å²) in [5, 5.41) is 1.26. The van der Waals surface area contributed by atoms with Crippen LogP contribution in [0.4, 0.5) is 4.39 Å². The molecule has 1 N–H and O–H groups in total. The van der Waals surface area contributed by atoms with Crippen molar-refractivity contribution >= 4 is 22.7 Å². The van der Waals surface area contributed by atoms with Gasteiger partial charge in [0.1, 0.15) is 11.6 Å². The molecular weight excluding hydrogens is 339 g/mol. The van der Waals surface area contributed by atoms with Gasteiger partial charge in [0, 0.05) is 12.4 Å². The summed E-state index contributed by atoms with van der Waals surface area (Å²) in [6, 6.07) is 13.5. The Morgan fingerprint density at radius 3 is 2.92 bits per heavy atom. The number of para-hydroxylation sites is 1. The summed E-state index contributed by atoms with van der Waals surface area (Å²) >= 11 is 1.42. The van der Waals surface area contributed by atoms with Gasteiger partial charge < -0.3 is 4.98 Å². The molecular formula is C18H13FN4OS. The molecule has 5 nitrogen and oxygen atoms in total. The molecule has 0 fully saturated rings. The van der Waals surface area contributed by atoms with Crippen molar-refractivity contribution in [2.45, 2.75) is 10.9 Å². The van der Waals surface area contributed by atoms with Gasteiger partial charge in [0.2, 0.25) is 0 Å². The summed E-state index contributed by atoms with van der Waals surface area (Å²) < 4.78 is 15.2. The molecule has 0 unspecified atom stereocenters. The zero-order valence-corrected chi connectivity index (χ0v) is 13.8. The van der Waals surface area contributed by atoms with Crippen LogP contribution in [0.5, 0.6) is 0 Å². The summed E-state index contributed by atoms with van der Waals surface area (Å²) in [6.45, 7) is 0. The van der Waals surface area contributed by atoms with Crippen LogP contribution in [0.1, 0.15) is 5.82 Å². The molecule has 4 rings (SSSR count). The fraction of sp³-hybridized carbons (Fsp3) is 0.0556. The number of nitrogens with one attached hydrogen (secondary N) is 1. The molecule has 0 radical (unpaired) electrons. The molecule has 0 saturated carbocycles. The van der Waals surface area contributed by atoms with Crippen LogP contribution < -0.4 is 5.56 Å². The van der Waals surface area contributed by atoms with Crippen molar-refractivity contribution in [2.24, 2.45) is 0 Å². The highest BCUT2D eigenvalue weighted by atomic mass is 32.2. The highest BCUT2D eigenvalue weighted by Crippen LogP contribution is 2.23. The molecule has 2 aromatic carbocycles. The van der Waals surface area contributed by atoms with E-state index in [9.17, 15) is 9.18 Å². The predicted molar refractivity (Wildman–Crippen MR) is 95.4 cm³/mol. The zero-order chi connectivity index (χ0) is 17.2. The molecule has 25 heavy (non-hydrogen) atoms. The molecule has 0 aliphatic carbocycles. The normalized spacial score (nSPS) is 11.1. The number of aromatic amines is 1. The number of H-pyrrole nitrogens is 1. The van der Waals surface area contributed by atoms with Crippen molar-refractivity contribution < 1.29 is 4.39 Å². The minimum Gasteiger partial charge on any atom is -0.309 e. The number of hydrogen-bond acceptors (Lipinski definition) is 4. The number of thioether (sulfide) groups is 1. The van der Waals surface area contributed by atoms with E-state index in [1.54, 1.807) is 29.1 Å². The van der Waals surface area contributed by atoms with Crippen molar-refractivity contribution in [3.05, 3.63) is 82.9 Å². The fourth-order valence-electron chi connectivity index (χ4n) is 2.56. The number of halogens is 1. The van der Waals surface area contributed by atoms with E-state index in [1.807, 2.05) is 24.3 Å². The summed E-state index contributed by atoms with van der Waals surface area (Å²) in [6.07, 6.45) is 3.43. The topological polar surface area (TPSA) is 63.6 Å². The molecule has 0 aliphatic rings. The third-order valence-electron chi connectivity index (χ3n) is 3.69. The van der Waals surface area contributed by atoms with Crippen LogP contribution in [0.2, 0.25) is 0 Å². The number of aromatic nitrogens is 4. The second kappa shape index (κ2) is 6.52.